The van der Waals surface area contributed by atoms with E-state index in [9.17, 15) is 9.59 Å². The van der Waals surface area contributed by atoms with Gasteiger partial charge in [0.25, 0.3) is 0 Å². The molecule has 2 aliphatic rings. The lowest BCUT2D eigenvalue weighted by atomic mass is 10.0. The summed E-state index contributed by atoms with van der Waals surface area (Å²) in [5.74, 6) is -0.610. The SMILES string of the molecule is O=C(O)COCCCOc1ccc(-c2c3nc(c(Br)c4ccc([nH]4)c(-c4ccc(OCCCOCC(=O)O)cc4)c4nc(c(Br)c5ccc2[nH]5)C=C4)C=C3)cc1. The van der Waals surface area contributed by atoms with E-state index in [-0.39, 0.29) is 13.2 Å². The molecule has 8 bridgehead atoms. The highest BCUT2D eigenvalue weighted by molar-refractivity contribution is 9.11. The van der Waals surface area contributed by atoms with Crippen molar-refractivity contribution >= 4 is 90.2 Å². The fraction of sp³-hybridized carbons (Fsp3) is 0.190. The van der Waals surface area contributed by atoms with Crippen LogP contribution in [-0.2, 0) is 19.1 Å². The van der Waals surface area contributed by atoms with Crippen LogP contribution in [0.3, 0.4) is 0 Å². The van der Waals surface area contributed by atoms with Crippen LogP contribution in [0.4, 0.5) is 0 Å². The Bertz CT molecular complexity index is 2300. The van der Waals surface area contributed by atoms with Crippen LogP contribution in [0.2, 0.25) is 0 Å². The molecule has 0 saturated carbocycles. The van der Waals surface area contributed by atoms with Crippen LogP contribution in [-0.4, -0.2) is 81.7 Å². The van der Waals surface area contributed by atoms with Crippen molar-refractivity contribution in [1.82, 2.24) is 19.9 Å². The van der Waals surface area contributed by atoms with E-state index in [0.29, 0.717) is 50.8 Å². The molecule has 286 valence electrons. The number of benzene rings is 2. The summed E-state index contributed by atoms with van der Waals surface area (Å²) >= 11 is 7.67. The number of carboxylic acid groups (broad SMARTS) is 2. The van der Waals surface area contributed by atoms with Gasteiger partial charge in [-0.3, -0.25) is 0 Å². The molecule has 5 aromatic rings. The Hall–Kier alpha value is -5.54. The number of carbonyl (C=O) groups is 2. The fourth-order valence-electron chi connectivity index (χ4n) is 6.20. The second-order valence-electron chi connectivity index (χ2n) is 12.7. The van der Waals surface area contributed by atoms with Crippen LogP contribution >= 0.6 is 31.9 Å². The van der Waals surface area contributed by atoms with Gasteiger partial charge in [-0.25, -0.2) is 19.6 Å². The zero-order valence-electron chi connectivity index (χ0n) is 29.9. The molecule has 2 aromatic carbocycles. The zero-order chi connectivity index (χ0) is 39.0. The summed E-state index contributed by atoms with van der Waals surface area (Å²) < 4.78 is 23.6. The lowest BCUT2D eigenvalue weighted by Gasteiger charge is -2.09. The molecule has 7 rings (SSSR count). The highest BCUT2D eigenvalue weighted by Gasteiger charge is 2.17. The topological polar surface area (TPSA) is 169 Å². The van der Waals surface area contributed by atoms with E-state index in [1.165, 1.54) is 0 Å². The summed E-state index contributed by atoms with van der Waals surface area (Å²) in [4.78, 5) is 38.7. The average Bonchev–Trinajstić information content (AvgIpc) is 4.04. The van der Waals surface area contributed by atoms with Crippen LogP contribution in [0.15, 0.2) is 81.7 Å². The molecule has 0 saturated heterocycles. The van der Waals surface area contributed by atoms with Gasteiger partial charge in [0.2, 0.25) is 0 Å². The molecule has 3 aromatic heterocycles. The number of nitrogens with zero attached hydrogens (tertiary/aromatic N) is 2. The first-order chi connectivity index (χ1) is 27.2. The summed E-state index contributed by atoms with van der Waals surface area (Å²) in [6.45, 7) is 0.743. The maximum Gasteiger partial charge on any atom is 0.329 e. The van der Waals surface area contributed by atoms with Gasteiger partial charge < -0.3 is 39.1 Å². The van der Waals surface area contributed by atoms with Crippen molar-refractivity contribution in [2.45, 2.75) is 12.8 Å². The fourth-order valence-corrected chi connectivity index (χ4v) is 7.10. The largest absolute Gasteiger partial charge is 0.494 e. The van der Waals surface area contributed by atoms with Gasteiger partial charge in [-0.2, -0.15) is 0 Å². The van der Waals surface area contributed by atoms with E-state index in [2.05, 4.69) is 41.8 Å². The quantitative estimate of drug-likeness (QED) is 0.0687. The molecule has 0 aliphatic carbocycles. The minimum atomic E-state index is -0.994. The van der Waals surface area contributed by atoms with Crippen molar-refractivity contribution in [3.8, 4) is 33.8 Å². The van der Waals surface area contributed by atoms with E-state index in [0.717, 1.165) is 76.0 Å². The first-order valence-electron chi connectivity index (χ1n) is 17.8. The maximum atomic E-state index is 10.7. The van der Waals surface area contributed by atoms with Crippen LogP contribution < -0.4 is 9.47 Å². The molecule has 0 spiro atoms. The number of carboxylic acids is 2. The van der Waals surface area contributed by atoms with E-state index >= 15 is 0 Å². The molecule has 5 heterocycles. The number of hydrogen-bond donors (Lipinski definition) is 4. The standard InChI is InChI=1S/C42H36Br2N4O8/c43-41-33-15-11-29(45-33)39(25-3-7-27(8-4-25)55-21-1-19-53-23-37(49)50)30-12-16-34(46-30)42(44)36-18-14-32(48-36)40(31-13-17-35(41)47-31)26-5-9-28(10-6-26)56-22-2-20-54-24-38(51)52/h3-18,45,48H,1-2,19-24H2,(H,49,50)(H,51,52). The lowest BCUT2D eigenvalue weighted by Crippen LogP contribution is -2.09. The van der Waals surface area contributed by atoms with E-state index in [1.54, 1.807) is 0 Å². The first-order valence-corrected chi connectivity index (χ1v) is 19.3. The molecule has 0 atom stereocenters. The smallest absolute Gasteiger partial charge is 0.329 e. The van der Waals surface area contributed by atoms with Crippen molar-refractivity contribution in [3.05, 3.63) is 105 Å². The number of hydrogen-bond acceptors (Lipinski definition) is 8. The molecule has 0 unspecified atom stereocenters. The maximum absolute atomic E-state index is 10.7. The Kier molecular flexibility index (Phi) is 12.4. The van der Waals surface area contributed by atoms with Gasteiger partial charge >= 0.3 is 11.9 Å². The van der Waals surface area contributed by atoms with Crippen LogP contribution in [0, 0.1) is 0 Å². The van der Waals surface area contributed by atoms with Gasteiger partial charge in [-0.1, -0.05) is 24.3 Å². The second kappa shape index (κ2) is 17.9. The molecule has 0 radical (unpaired) electrons. The monoisotopic (exact) mass is 882 g/mol. The van der Waals surface area contributed by atoms with E-state index < -0.39 is 11.9 Å². The highest BCUT2D eigenvalue weighted by atomic mass is 79.9. The summed E-state index contributed by atoms with van der Waals surface area (Å²) in [6, 6.07) is 23.7. The lowest BCUT2D eigenvalue weighted by molar-refractivity contribution is -0.143. The number of H-pyrrole nitrogens is 2. The summed E-state index contributed by atoms with van der Waals surface area (Å²) in [5, 5.41) is 17.5. The highest BCUT2D eigenvalue weighted by Crippen LogP contribution is 2.36. The summed E-state index contributed by atoms with van der Waals surface area (Å²) in [5.41, 5.74) is 10.2. The molecule has 12 nitrogen and oxygen atoms in total. The Morgan fingerprint density at radius 1 is 0.518 bits per heavy atom. The van der Waals surface area contributed by atoms with Gasteiger partial charge in [0.15, 0.2) is 0 Å². The molecular weight excluding hydrogens is 848 g/mol. The average molecular weight is 885 g/mol. The van der Waals surface area contributed by atoms with Gasteiger partial charge in [0.1, 0.15) is 24.7 Å². The molecular formula is C42H36Br2N4O8. The van der Waals surface area contributed by atoms with Gasteiger partial charge in [0.05, 0.1) is 69.2 Å². The molecule has 56 heavy (non-hydrogen) atoms. The van der Waals surface area contributed by atoms with Gasteiger partial charge in [-0.05, 0) is 116 Å². The molecule has 4 N–H and O–H groups in total. The number of rotatable bonds is 16. The van der Waals surface area contributed by atoms with Crippen LogP contribution in [0.1, 0.15) is 35.6 Å². The van der Waals surface area contributed by atoms with Crippen molar-refractivity contribution in [3.63, 3.8) is 0 Å². The Balaban J connectivity index is 1.24. The minimum absolute atomic E-state index is 0.300. The minimum Gasteiger partial charge on any atom is -0.494 e. The molecule has 0 amide bonds. The van der Waals surface area contributed by atoms with Crippen molar-refractivity contribution < 1.29 is 38.7 Å². The number of aromatic amines is 2. The third-order valence-corrected chi connectivity index (χ3v) is 10.4. The Labute approximate surface area is 338 Å². The Morgan fingerprint density at radius 3 is 1.29 bits per heavy atom. The summed E-state index contributed by atoms with van der Waals surface area (Å²) in [7, 11) is 0. The van der Waals surface area contributed by atoms with Crippen molar-refractivity contribution in [1.29, 1.82) is 0 Å². The van der Waals surface area contributed by atoms with Crippen LogP contribution in [0.25, 0.3) is 68.6 Å². The number of nitrogens with one attached hydrogen (secondary N) is 2. The first kappa shape index (κ1) is 38.7. The van der Waals surface area contributed by atoms with Crippen LogP contribution in [0.5, 0.6) is 11.5 Å². The summed E-state index contributed by atoms with van der Waals surface area (Å²) in [6.07, 6.45) is 9.11. The second-order valence-corrected chi connectivity index (χ2v) is 14.3. The molecule has 14 heteroatoms. The normalized spacial score (nSPS) is 11.9. The Morgan fingerprint density at radius 2 is 0.893 bits per heavy atom. The third-order valence-electron chi connectivity index (χ3n) is 8.77. The number of aliphatic carboxylic acids is 2. The molecule has 0 fully saturated rings. The van der Waals surface area contributed by atoms with E-state index in [1.807, 2.05) is 97.1 Å². The number of aromatic nitrogens is 4. The number of halogens is 2. The predicted octanol–water partition coefficient (Wildman–Crippen LogP) is 9.25. The third kappa shape index (κ3) is 9.28. The number of fused-ring (bicyclic) bond motifs is 8. The van der Waals surface area contributed by atoms with Gasteiger partial charge in [0, 0.05) is 35.0 Å². The predicted molar refractivity (Wildman–Crippen MR) is 222 cm³/mol. The molecule has 2 aliphatic heterocycles. The number of ether oxygens (including phenoxy) is 4. The van der Waals surface area contributed by atoms with Gasteiger partial charge in [-0.15, -0.1) is 0 Å². The van der Waals surface area contributed by atoms with E-state index in [4.69, 9.17) is 39.1 Å². The van der Waals surface area contributed by atoms with Crippen molar-refractivity contribution in [2.24, 2.45) is 0 Å². The zero-order valence-corrected chi connectivity index (χ0v) is 33.1. The van der Waals surface area contributed by atoms with Crippen molar-refractivity contribution in [2.75, 3.05) is 39.6 Å².